The predicted molar refractivity (Wildman–Crippen MR) is 97.6 cm³/mol. The second-order valence-electron chi connectivity index (χ2n) is 5.37. The fraction of sp³-hybridized carbons (Fsp3) is 0.316. The van der Waals surface area contributed by atoms with Crippen LogP contribution < -0.4 is 20.1 Å². The molecule has 0 radical (unpaired) electrons. The fourth-order valence-corrected chi connectivity index (χ4v) is 2.25. The van der Waals surface area contributed by atoms with Crippen molar-refractivity contribution in [2.45, 2.75) is 20.0 Å². The first-order valence-corrected chi connectivity index (χ1v) is 8.13. The fourth-order valence-electron chi connectivity index (χ4n) is 2.25. The zero-order chi connectivity index (χ0) is 18.1. The van der Waals surface area contributed by atoms with E-state index in [4.69, 9.17) is 9.47 Å². The molecule has 134 valence electrons. The number of halogens is 1. The average molecular weight is 345 g/mol. The van der Waals surface area contributed by atoms with E-state index in [2.05, 4.69) is 15.6 Å². The molecule has 0 aliphatic carbocycles. The maximum absolute atomic E-state index is 13.7. The van der Waals surface area contributed by atoms with Crippen molar-refractivity contribution in [1.82, 2.24) is 10.6 Å². The lowest BCUT2D eigenvalue weighted by atomic mass is 10.2. The van der Waals surface area contributed by atoms with Gasteiger partial charge in [-0.1, -0.05) is 18.2 Å². The third-order valence-corrected chi connectivity index (χ3v) is 3.60. The minimum Gasteiger partial charge on any atom is -0.497 e. The molecule has 0 aliphatic heterocycles. The minimum absolute atomic E-state index is 0.234. The highest BCUT2D eigenvalue weighted by molar-refractivity contribution is 5.79. The molecule has 2 aromatic rings. The van der Waals surface area contributed by atoms with Crippen LogP contribution in [0.4, 0.5) is 4.39 Å². The van der Waals surface area contributed by atoms with Crippen LogP contribution in [0.15, 0.2) is 47.5 Å². The molecule has 0 spiro atoms. The van der Waals surface area contributed by atoms with Gasteiger partial charge < -0.3 is 20.1 Å². The normalized spacial score (nSPS) is 11.1. The molecule has 0 aliphatic rings. The smallest absolute Gasteiger partial charge is 0.191 e. The summed E-state index contributed by atoms with van der Waals surface area (Å²) in [6, 6.07) is 12.7. The molecule has 0 saturated heterocycles. The Morgan fingerprint density at radius 1 is 1.00 bits per heavy atom. The Kier molecular flexibility index (Phi) is 7.07. The maximum Gasteiger partial charge on any atom is 0.191 e. The van der Waals surface area contributed by atoms with Crippen LogP contribution in [0, 0.1) is 5.82 Å². The molecule has 6 heteroatoms. The predicted octanol–water partition coefficient (Wildman–Crippen LogP) is 3.10. The topological polar surface area (TPSA) is 54.9 Å². The molecule has 0 unspecified atom stereocenters. The summed E-state index contributed by atoms with van der Waals surface area (Å²) in [5, 5.41) is 6.44. The van der Waals surface area contributed by atoms with E-state index in [1.165, 1.54) is 13.2 Å². The molecule has 5 nitrogen and oxygen atoms in total. The van der Waals surface area contributed by atoms with Crippen molar-refractivity contribution < 1.29 is 13.9 Å². The number of nitrogens with zero attached hydrogens (tertiary/aromatic N) is 1. The molecule has 2 N–H and O–H groups in total. The third kappa shape index (κ3) is 5.67. The highest BCUT2D eigenvalue weighted by Gasteiger charge is 2.04. The molecule has 0 heterocycles. The molecule has 0 atom stereocenters. The highest BCUT2D eigenvalue weighted by Crippen LogP contribution is 2.18. The van der Waals surface area contributed by atoms with Crippen LogP contribution in [0.3, 0.4) is 0 Å². The van der Waals surface area contributed by atoms with Gasteiger partial charge in [0.25, 0.3) is 0 Å². The summed E-state index contributed by atoms with van der Waals surface area (Å²) in [5.74, 6) is 1.35. The molecule has 2 rings (SSSR count). The molecular formula is C19H24FN3O2. The number of rotatable bonds is 7. The lowest BCUT2D eigenvalue weighted by Gasteiger charge is -2.12. The van der Waals surface area contributed by atoms with Gasteiger partial charge in [-0.15, -0.1) is 0 Å². The number of nitrogens with one attached hydrogen (secondary N) is 2. The summed E-state index contributed by atoms with van der Waals surface area (Å²) in [6.45, 7) is 3.74. The van der Waals surface area contributed by atoms with Crippen molar-refractivity contribution in [1.29, 1.82) is 0 Å². The monoisotopic (exact) mass is 345 g/mol. The molecule has 0 saturated carbocycles. The Morgan fingerprint density at radius 3 is 2.32 bits per heavy atom. The van der Waals surface area contributed by atoms with Crippen molar-refractivity contribution in [2.75, 3.05) is 20.8 Å². The SMILES string of the molecule is CCNC(=NCc1ccc(OC)c(F)c1)NCc1ccc(OC)cc1. The first kappa shape index (κ1) is 18.6. The van der Waals surface area contributed by atoms with E-state index in [0.29, 0.717) is 19.0 Å². The lowest BCUT2D eigenvalue weighted by Crippen LogP contribution is -2.36. The first-order valence-electron chi connectivity index (χ1n) is 8.13. The Morgan fingerprint density at radius 2 is 1.72 bits per heavy atom. The number of benzene rings is 2. The number of guanidine groups is 1. The van der Waals surface area contributed by atoms with E-state index >= 15 is 0 Å². The van der Waals surface area contributed by atoms with Gasteiger partial charge in [0, 0.05) is 13.1 Å². The Labute approximate surface area is 147 Å². The minimum atomic E-state index is -0.383. The lowest BCUT2D eigenvalue weighted by molar-refractivity contribution is 0.386. The van der Waals surface area contributed by atoms with E-state index in [9.17, 15) is 4.39 Å². The van der Waals surface area contributed by atoms with Crippen molar-refractivity contribution in [2.24, 2.45) is 4.99 Å². The molecule has 0 fully saturated rings. The average Bonchev–Trinajstić information content (AvgIpc) is 2.64. The van der Waals surface area contributed by atoms with Crippen molar-refractivity contribution in [3.63, 3.8) is 0 Å². The van der Waals surface area contributed by atoms with Gasteiger partial charge in [-0.05, 0) is 42.3 Å². The van der Waals surface area contributed by atoms with E-state index in [0.717, 1.165) is 23.4 Å². The van der Waals surface area contributed by atoms with Crippen LogP contribution in [0.5, 0.6) is 11.5 Å². The van der Waals surface area contributed by atoms with Crippen LogP contribution in [-0.2, 0) is 13.1 Å². The van der Waals surface area contributed by atoms with Crippen molar-refractivity contribution >= 4 is 5.96 Å². The molecule has 0 aromatic heterocycles. The summed E-state index contributed by atoms with van der Waals surface area (Å²) < 4.78 is 23.8. The summed E-state index contributed by atoms with van der Waals surface area (Å²) in [7, 11) is 3.09. The molecule has 0 bridgehead atoms. The number of methoxy groups -OCH3 is 2. The number of aliphatic imine (C=N–C) groups is 1. The molecule has 2 aromatic carbocycles. The molecular weight excluding hydrogens is 321 g/mol. The second-order valence-corrected chi connectivity index (χ2v) is 5.37. The van der Waals surface area contributed by atoms with Crippen LogP contribution >= 0.6 is 0 Å². The van der Waals surface area contributed by atoms with Gasteiger partial charge in [-0.2, -0.15) is 0 Å². The van der Waals surface area contributed by atoms with Gasteiger partial charge >= 0.3 is 0 Å². The van der Waals surface area contributed by atoms with Gasteiger partial charge in [-0.3, -0.25) is 0 Å². The zero-order valence-corrected chi connectivity index (χ0v) is 14.8. The van der Waals surface area contributed by atoms with Gasteiger partial charge in [0.05, 0.1) is 20.8 Å². The zero-order valence-electron chi connectivity index (χ0n) is 14.8. The molecule has 25 heavy (non-hydrogen) atoms. The highest BCUT2D eigenvalue weighted by atomic mass is 19.1. The number of ether oxygens (including phenoxy) is 2. The van der Waals surface area contributed by atoms with Crippen molar-refractivity contribution in [3.8, 4) is 11.5 Å². The van der Waals surface area contributed by atoms with Gasteiger partial charge in [-0.25, -0.2) is 9.38 Å². The van der Waals surface area contributed by atoms with E-state index in [1.54, 1.807) is 19.2 Å². The largest absolute Gasteiger partial charge is 0.497 e. The first-order chi connectivity index (χ1) is 12.2. The summed E-state index contributed by atoms with van der Waals surface area (Å²) >= 11 is 0. The van der Waals surface area contributed by atoms with Crippen molar-refractivity contribution in [3.05, 3.63) is 59.4 Å². The standard InChI is InChI=1S/C19H24FN3O2/c1-4-21-19(22-12-14-5-8-16(24-2)9-6-14)23-13-15-7-10-18(25-3)17(20)11-15/h5-11H,4,12-13H2,1-3H3,(H2,21,22,23). The Balaban J connectivity index is 1.98. The quantitative estimate of drug-likeness (QED) is 0.598. The van der Waals surface area contributed by atoms with Crippen LogP contribution in [0.2, 0.25) is 0 Å². The van der Waals surface area contributed by atoms with E-state index < -0.39 is 0 Å². The third-order valence-electron chi connectivity index (χ3n) is 3.60. The second kappa shape index (κ2) is 9.52. The number of hydrogen-bond acceptors (Lipinski definition) is 3. The van der Waals surface area contributed by atoms with Crippen LogP contribution in [0.1, 0.15) is 18.1 Å². The van der Waals surface area contributed by atoms with Gasteiger partial charge in [0.1, 0.15) is 5.75 Å². The number of hydrogen-bond donors (Lipinski definition) is 2. The van der Waals surface area contributed by atoms with E-state index in [1.807, 2.05) is 31.2 Å². The summed E-state index contributed by atoms with van der Waals surface area (Å²) in [4.78, 5) is 4.49. The van der Waals surface area contributed by atoms with Gasteiger partial charge in [0.15, 0.2) is 17.5 Å². The van der Waals surface area contributed by atoms with Gasteiger partial charge in [0.2, 0.25) is 0 Å². The van der Waals surface area contributed by atoms with E-state index in [-0.39, 0.29) is 11.6 Å². The maximum atomic E-state index is 13.7. The van der Waals surface area contributed by atoms with Crippen LogP contribution in [-0.4, -0.2) is 26.7 Å². The Hall–Kier alpha value is -2.76. The Bertz CT molecular complexity index is 702. The summed E-state index contributed by atoms with van der Waals surface area (Å²) in [5.41, 5.74) is 1.89. The molecule has 0 amide bonds. The summed E-state index contributed by atoms with van der Waals surface area (Å²) in [6.07, 6.45) is 0. The van der Waals surface area contributed by atoms with Crippen LogP contribution in [0.25, 0.3) is 0 Å².